The third kappa shape index (κ3) is 4.21. The molecule has 0 radical (unpaired) electrons. The predicted molar refractivity (Wildman–Crippen MR) is 89.6 cm³/mol. The molecule has 0 bridgehead atoms. The lowest BCUT2D eigenvalue weighted by Crippen LogP contribution is -2.15. The first-order chi connectivity index (χ1) is 12.1. The molecule has 0 amide bonds. The van der Waals surface area contributed by atoms with Gasteiger partial charge in [0.15, 0.2) is 29.3 Å². The average molecular weight is 365 g/mol. The van der Waals surface area contributed by atoms with Crippen LogP contribution in [-0.2, 0) is 13.0 Å². The van der Waals surface area contributed by atoms with Crippen molar-refractivity contribution >= 4 is 11.3 Å². The van der Waals surface area contributed by atoms with Gasteiger partial charge in [0.2, 0.25) is 0 Å². The number of nitrogens with zero attached hydrogens (tertiary/aromatic N) is 3. The standard InChI is InChI=1S/C17H17F2N3O2S/c1-11(24-15-5-4-12(18)9-14(15)19)17-20-16(21-22(17)6-7-23)10-13-3-2-8-25-13/h2-5,8-9,11,23H,6-7,10H2,1H3. The number of benzene rings is 1. The van der Waals surface area contributed by atoms with Crippen molar-refractivity contribution < 1.29 is 18.6 Å². The largest absolute Gasteiger partial charge is 0.480 e. The maximum Gasteiger partial charge on any atom is 0.168 e. The van der Waals surface area contributed by atoms with Gasteiger partial charge < -0.3 is 9.84 Å². The molecule has 8 heteroatoms. The van der Waals surface area contributed by atoms with Gasteiger partial charge in [-0.25, -0.2) is 18.4 Å². The number of aromatic nitrogens is 3. The second kappa shape index (κ2) is 7.71. The summed E-state index contributed by atoms with van der Waals surface area (Å²) in [5.74, 6) is -0.435. The van der Waals surface area contributed by atoms with Crippen molar-refractivity contribution in [3.05, 3.63) is 63.9 Å². The molecule has 2 aromatic heterocycles. The maximum absolute atomic E-state index is 13.8. The zero-order chi connectivity index (χ0) is 17.8. The van der Waals surface area contributed by atoms with Crippen molar-refractivity contribution in [2.75, 3.05) is 6.61 Å². The molecule has 25 heavy (non-hydrogen) atoms. The quantitative estimate of drug-likeness (QED) is 0.698. The number of rotatable bonds is 7. The number of aliphatic hydroxyl groups is 1. The molecule has 1 aromatic carbocycles. The fourth-order valence-corrected chi connectivity index (χ4v) is 3.12. The van der Waals surface area contributed by atoms with Crippen LogP contribution in [0.3, 0.4) is 0 Å². The van der Waals surface area contributed by atoms with E-state index < -0.39 is 17.7 Å². The molecule has 3 rings (SSSR count). The van der Waals surface area contributed by atoms with E-state index in [1.54, 1.807) is 22.9 Å². The summed E-state index contributed by atoms with van der Waals surface area (Å²) >= 11 is 1.61. The first-order valence-corrected chi connectivity index (χ1v) is 8.63. The minimum atomic E-state index is -0.779. The van der Waals surface area contributed by atoms with Crippen molar-refractivity contribution in [1.29, 1.82) is 0 Å². The van der Waals surface area contributed by atoms with Gasteiger partial charge >= 0.3 is 0 Å². The smallest absolute Gasteiger partial charge is 0.168 e. The number of aliphatic hydroxyl groups excluding tert-OH is 1. The Bertz CT molecular complexity index is 837. The number of hydrogen-bond acceptors (Lipinski definition) is 5. The fourth-order valence-electron chi connectivity index (χ4n) is 2.42. The van der Waals surface area contributed by atoms with E-state index in [9.17, 15) is 13.9 Å². The third-order valence-corrected chi connectivity index (χ3v) is 4.41. The predicted octanol–water partition coefficient (Wildman–Crippen LogP) is 3.34. The Morgan fingerprint density at radius 2 is 2.16 bits per heavy atom. The lowest BCUT2D eigenvalue weighted by Gasteiger charge is -2.15. The van der Waals surface area contributed by atoms with Crippen LogP contribution >= 0.6 is 11.3 Å². The van der Waals surface area contributed by atoms with Crippen LogP contribution in [0.15, 0.2) is 35.7 Å². The van der Waals surface area contributed by atoms with Gasteiger partial charge in [0, 0.05) is 17.4 Å². The van der Waals surface area contributed by atoms with E-state index in [0.29, 0.717) is 18.1 Å². The molecule has 3 aromatic rings. The van der Waals surface area contributed by atoms with Gasteiger partial charge in [-0.1, -0.05) is 6.07 Å². The van der Waals surface area contributed by atoms with Gasteiger partial charge in [0.05, 0.1) is 13.2 Å². The third-order valence-electron chi connectivity index (χ3n) is 3.53. The van der Waals surface area contributed by atoms with Crippen LogP contribution < -0.4 is 4.74 Å². The molecule has 132 valence electrons. The topological polar surface area (TPSA) is 60.2 Å². The first-order valence-electron chi connectivity index (χ1n) is 7.75. The average Bonchev–Trinajstić information content (AvgIpc) is 3.21. The summed E-state index contributed by atoms with van der Waals surface area (Å²) in [6.07, 6.45) is -0.0446. The highest BCUT2D eigenvalue weighted by molar-refractivity contribution is 7.09. The molecule has 2 heterocycles. The van der Waals surface area contributed by atoms with Gasteiger partial charge in [-0.15, -0.1) is 11.3 Å². The summed E-state index contributed by atoms with van der Waals surface area (Å²) < 4.78 is 33.9. The van der Waals surface area contributed by atoms with Crippen molar-refractivity contribution in [3.8, 4) is 5.75 Å². The summed E-state index contributed by atoms with van der Waals surface area (Å²) in [5.41, 5.74) is 0. The second-order valence-electron chi connectivity index (χ2n) is 5.42. The van der Waals surface area contributed by atoms with Gasteiger partial charge in [0.1, 0.15) is 5.82 Å². The number of hydrogen-bond donors (Lipinski definition) is 1. The molecule has 1 atom stereocenters. The van der Waals surface area contributed by atoms with Crippen LogP contribution in [0, 0.1) is 11.6 Å². The van der Waals surface area contributed by atoms with Gasteiger partial charge in [0.25, 0.3) is 0 Å². The Hall–Kier alpha value is -2.32. The summed E-state index contributed by atoms with van der Waals surface area (Å²) in [7, 11) is 0. The van der Waals surface area contributed by atoms with E-state index in [1.165, 1.54) is 6.07 Å². The molecule has 0 saturated heterocycles. The molecule has 0 aliphatic heterocycles. The second-order valence-corrected chi connectivity index (χ2v) is 6.46. The van der Waals surface area contributed by atoms with Gasteiger partial charge in [-0.05, 0) is 30.5 Å². The highest BCUT2D eigenvalue weighted by Gasteiger charge is 2.19. The summed E-state index contributed by atoms with van der Waals surface area (Å²) in [5, 5.41) is 15.6. The van der Waals surface area contributed by atoms with E-state index >= 15 is 0 Å². The Morgan fingerprint density at radius 1 is 1.32 bits per heavy atom. The van der Waals surface area contributed by atoms with Crippen molar-refractivity contribution in [2.24, 2.45) is 0 Å². The van der Waals surface area contributed by atoms with Crippen molar-refractivity contribution in [3.63, 3.8) is 0 Å². The Labute approximate surface area is 147 Å². The van der Waals surface area contributed by atoms with Gasteiger partial charge in [-0.3, -0.25) is 0 Å². The van der Waals surface area contributed by atoms with Gasteiger partial charge in [-0.2, -0.15) is 5.10 Å². The molecular weight excluding hydrogens is 348 g/mol. The Kier molecular flexibility index (Phi) is 5.40. The van der Waals surface area contributed by atoms with Crippen LogP contribution in [-0.4, -0.2) is 26.5 Å². The lowest BCUT2D eigenvalue weighted by atomic mass is 10.3. The SMILES string of the molecule is CC(Oc1ccc(F)cc1F)c1nc(Cc2cccs2)nn1CCO. The molecule has 0 aliphatic carbocycles. The number of halogens is 2. The fraction of sp³-hybridized carbons (Fsp3) is 0.294. The van der Waals surface area contributed by atoms with Crippen LogP contribution in [0.1, 0.15) is 29.6 Å². The molecule has 0 saturated carbocycles. The normalized spacial score (nSPS) is 12.3. The van der Waals surface area contributed by atoms with E-state index in [1.807, 2.05) is 17.5 Å². The zero-order valence-electron chi connectivity index (χ0n) is 13.5. The molecular formula is C17H17F2N3O2S. The molecule has 0 fully saturated rings. The molecule has 5 nitrogen and oxygen atoms in total. The summed E-state index contributed by atoms with van der Waals surface area (Å²) in [6.45, 7) is 1.86. The first kappa shape index (κ1) is 17.5. The Morgan fingerprint density at radius 3 is 2.84 bits per heavy atom. The van der Waals surface area contributed by atoms with Crippen molar-refractivity contribution in [2.45, 2.75) is 26.0 Å². The molecule has 0 spiro atoms. The van der Waals surface area contributed by atoms with E-state index in [-0.39, 0.29) is 18.9 Å². The van der Waals surface area contributed by atoms with Crippen LogP contribution in [0.4, 0.5) is 8.78 Å². The van der Waals surface area contributed by atoms with Crippen LogP contribution in [0.5, 0.6) is 5.75 Å². The summed E-state index contributed by atoms with van der Waals surface area (Å²) in [6, 6.07) is 7.08. The molecule has 0 aliphatic rings. The highest BCUT2D eigenvalue weighted by atomic mass is 32.1. The minimum absolute atomic E-state index is 0.0627. The lowest BCUT2D eigenvalue weighted by molar-refractivity contribution is 0.192. The van der Waals surface area contributed by atoms with E-state index in [0.717, 1.165) is 17.0 Å². The number of ether oxygens (including phenoxy) is 1. The number of thiophene rings is 1. The van der Waals surface area contributed by atoms with Crippen LogP contribution in [0.25, 0.3) is 0 Å². The monoisotopic (exact) mass is 365 g/mol. The maximum atomic E-state index is 13.8. The zero-order valence-corrected chi connectivity index (χ0v) is 14.3. The van der Waals surface area contributed by atoms with Crippen molar-refractivity contribution in [1.82, 2.24) is 14.8 Å². The van der Waals surface area contributed by atoms with E-state index in [2.05, 4.69) is 10.1 Å². The molecule has 1 unspecified atom stereocenters. The molecule has 1 N–H and O–H groups in total. The van der Waals surface area contributed by atoms with Crippen LogP contribution in [0.2, 0.25) is 0 Å². The highest BCUT2D eigenvalue weighted by Crippen LogP contribution is 2.25. The Balaban J connectivity index is 1.82. The van der Waals surface area contributed by atoms with E-state index in [4.69, 9.17) is 4.74 Å². The summed E-state index contributed by atoms with van der Waals surface area (Å²) in [4.78, 5) is 5.59. The minimum Gasteiger partial charge on any atom is -0.480 e.